The highest BCUT2D eigenvalue weighted by Gasteiger charge is 2.26. The Morgan fingerprint density at radius 1 is 1.29 bits per heavy atom. The highest BCUT2D eigenvalue weighted by atomic mass is 32.2. The van der Waals surface area contributed by atoms with E-state index in [2.05, 4.69) is 41.0 Å². The number of hydrogen-bond acceptors (Lipinski definition) is 7. The first-order chi connectivity index (χ1) is 10.2. The Labute approximate surface area is 130 Å². The summed E-state index contributed by atoms with van der Waals surface area (Å²) in [6.07, 6.45) is 3.21. The van der Waals surface area contributed by atoms with Crippen molar-refractivity contribution in [3.63, 3.8) is 0 Å². The molecule has 6 nitrogen and oxygen atoms in total. The van der Waals surface area contributed by atoms with Gasteiger partial charge in [-0.2, -0.15) is 15.0 Å². The van der Waals surface area contributed by atoms with Gasteiger partial charge in [0, 0.05) is 18.4 Å². The van der Waals surface area contributed by atoms with E-state index in [4.69, 9.17) is 9.47 Å². The van der Waals surface area contributed by atoms with Crippen molar-refractivity contribution in [2.24, 2.45) is 0 Å². The minimum absolute atomic E-state index is 0.235. The third kappa shape index (κ3) is 5.00. The first-order valence-electron chi connectivity index (χ1n) is 7.64. The number of rotatable bonds is 8. The van der Waals surface area contributed by atoms with Gasteiger partial charge in [-0.25, -0.2) is 0 Å². The number of hydrogen-bond donors (Lipinski definition) is 1. The molecule has 2 atom stereocenters. The Kier molecular flexibility index (Phi) is 6.50. The second-order valence-electron chi connectivity index (χ2n) is 5.02. The molecule has 1 aromatic heterocycles. The summed E-state index contributed by atoms with van der Waals surface area (Å²) in [4.78, 5) is 13.2. The van der Waals surface area contributed by atoms with Crippen molar-refractivity contribution < 1.29 is 9.47 Å². The molecule has 0 amide bonds. The number of aromatic nitrogens is 3. The summed E-state index contributed by atoms with van der Waals surface area (Å²) in [6.45, 7) is 8.52. The average molecular weight is 312 g/mol. The van der Waals surface area contributed by atoms with Crippen LogP contribution >= 0.6 is 11.8 Å². The van der Waals surface area contributed by atoms with E-state index in [1.807, 2.05) is 0 Å². The summed E-state index contributed by atoms with van der Waals surface area (Å²) in [5.74, 6) is 0.590. The molecule has 0 saturated carbocycles. The summed E-state index contributed by atoms with van der Waals surface area (Å²) in [7, 11) is 0. The second kappa shape index (κ2) is 8.38. The zero-order chi connectivity index (χ0) is 15.1. The fourth-order valence-corrected chi connectivity index (χ4v) is 2.99. The minimum Gasteiger partial charge on any atom is -0.463 e. The Bertz CT molecular complexity index is 421. The van der Waals surface area contributed by atoms with Crippen LogP contribution in [0.15, 0.2) is 5.16 Å². The molecule has 21 heavy (non-hydrogen) atoms. The molecule has 0 aromatic carbocycles. The van der Waals surface area contributed by atoms with Gasteiger partial charge >= 0.3 is 6.01 Å². The molecule has 118 valence electrons. The Balaban J connectivity index is 2.09. The first kappa shape index (κ1) is 16.3. The smallest absolute Gasteiger partial charge is 0.322 e. The van der Waals surface area contributed by atoms with Crippen molar-refractivity contribution >= 4 is 17.7 Å². The van der Waals surface area contributed by atoms with Crippen molar-refractivity contribution in [1.29, 1.82) is 0 Å². The van der Waals surface area contributed by atoms with E-state index in [9.17, 15) is 0 Å². The Morgan fingerprint density at radius 3 is 2.81 bits per heavy atom. The van der Waals surface area contributed by atoms with E-state index in [0.717, 1.165) is 32.4 Å². The van der Waals surface area contributed by atoms with Crippen LogP contribution in [-0.2, 0) is 4.74 Å². The lowest BCUT2D eigenvalue weighted by Gasteiger charge is -2.13. The third-order valence-corrected chi connectivity index (χ3v) is 4.44. The van der Waals surface area contributed by atoms with Crippen LogP contribution in [0.1, 0.15) is 40.0 Å². The number of anilines is 1. The van der Waals surface area contributed by atoms with E-state index in [-0.39, 0.29) is 6.10 Å². The Hall–Kier alpha value is -1.08. The van der Waals surface area contributed by atoms with Crippen LogP contribution in [0.25, 0.3) is 0 Å². The van der Waals surface area contributed by atoms with Crippen LogP contribution < -0.4 is 10.1 Å². The number of nitrogens with one attached hydrogen (secondary N) is 1. The van der Waals surface area contributed by atoms with Gasteiger partial charge in [0.1, 0.15) is 0 Å². The van der Waals surface area contributed by atoms with Gasteiger partial charge in [0.2, 0.25) is 5.95 Å². The lowest BCUT2D eigenvalue weighted by atomic mass is 10.3. The molecule has 1 N–H and O–H groups in total. The van der Waals surface area contributed by atoms with Crippen LogP contribution in [0.2, 0.25) is 0 Å². The molecule has 2 rings (SSSR count). The molecule has 1 aliphatic rings. The van der Waals surface area contributed by atoms with Crippen molar-refractivity contribution in [2.75, 3.05) is 25.1 Å². The topological polar surface area (TPSA) is 69.2 Å². The highest BCUT2D eigenvalue weighted by molar-refractivity contribution is 7.99. The average Bonchev–Trinajstić information content (AvgIpc) is 2.88. The van der Waals surface area contributed by atoms with E-state index < -0.39 is 0 Å². The molecule has 2 unspecified atom stereocenters. The normalized spacial score (nSPS) is 21.5. The van der Waals surface area contributed by atoms with Gasteiger partial charge in [-0.3, -0.25) is 0 Å². The lowest BCUT2D eigenvalue weighted by molar-refractivity contribution is 0.127. The quantitative estimate of drug-likeness (QED) is 0.791. The molecule has 1 fully saturated rings. The molecule has 7 heteroatoms. The van der Waals surface area contributed by atoms with Crippen LogP contribution in [0.3, 0.4) is 0 Å². The minimum atomic E-state index is 0.235. The molecule has 0 bridgehead atoms. The third-order valence-electron chi connectivity index (χ3n) is 3.13. The van der Waals surface area contributed by atoms with Crippen molar-refractivity contribution in [3.8, 4) is 6.01 Å². The van der Waals surface area contributed by atoms with Gasteiger partial charge in [0.15, 0.2) is 5.16 Å². The molecule has 2 heterocycles. The number of ether oxygens (including phenoxy) is 2. The van der Waals surface area contributed by atoms with Gasteiger partial charge in [-0.15, -0.1) is 0 Å². The van der Waals surface area contributed by atoms with E-state index in [1.54, 1.807) is 11.8 Å². The van der Waals surface area contributed by atoms with E-state index >= 15 is 0 Å². The number of nitrogens with zero attached hydrogens (tertiary/aromatic N) is 3. The predicted octanol–water partition coefficient (Wildman–Crippen LogP) is 2.75. The van der Waals surface area contributed by atoms with Crippen LogP contribution in [0.5, 0.6) is 6.01 Å². The van der Waals surface area contributed by atoms with E-state index in [1.165, 1.54) is 0 Å². The van der Waals surface area contributed by atoms with Crippen molar-refractivity contribution in [1.82, 2.24) is 15.0 Å². The summed E-state index contributed by atoms with van der Waals surface area (Å²) in [6, 6.07) is 0.402. The molecular weight excluding hydrogens is 288 g/mol. The summed E-state index contributed by atoms with van der Waals surface area (Å²) in [5.41, 5.74) is 0. The lowest BCUT2D eigenvalue weighted by Crippen LogP contribution is -2.15. The Morgan fingerprint density at radius 2 is 2.14 bits per heavy atom. The monoisotopic (exact) mass is 312 g/mol. The molecule has 0 radical (unpaired) electrons. The zero-order valence-electron chi connectivity index (χ0n) is 13.0. The van der Waals surface area contributed by atoms with Crippen LogP contribution in [0.4, 0.5) is 5.95 Å². The van der Waals surface area contributed by atoms with Crippen LogP contribution in [-0.4, -0.2) is 46.1 Å². The van der Waals surface area contributed by atoms with E-state index in [0.29, 0.717) is 29.0 Å². The van der Waals surface area contributed by atoms with Crippen molar-refractivity contribution in [3.05, 3.63) is 0 Å². The van der Waals surface area contributed by atoms with Crippen LogP contribution in [0, 0.1) is 0 Å². The van der Waals surface area contributed by atoms with Gasteiger partial charge in [0.05, 0.1) is 12.7 Å². The molecule has 1 saturated heterocycles. The summed E-state index contributed by atoms with van der Waals surface area (Å²) >= 11 is 1.65. The highest BCUT2D eigenvalue weighted by Crippen LogP contribution is 2.31. The second-order valence-corrected chi connectivity index (χ2v) is 6.23. The largest absolute Gasteiger partial charge is 0.463 e. The SMILES string of the molecule is CCCNc1nc(OCCC)nc(SC2CCOC2C)n1. The molecule has 0 spiro atoms. The maximum Gasteiger partial charge on any atom is 0.322 e. The van der Waals surface area contributed by atoms with Crippen molar-refractivity contribution in [2.45, 2.75) is 56.5 Å². The standard InChI is InChI=1S/C14H24N4O2S/c1-4-7-15-12-16-13(20-8-5-2)18-14(17-12)21-11-6-9-19-10(11)3/h10-11H,4-9H2,1-3H3,(H,15,16,17,18). The maximum atomic E-state index is 5.59. The van der Waals surface area contributed by atoms with Gasteiger partial charge < -0.3 is 14.8 Å². The summed E-state index contributed by atoms with van der Waals surface area (Å²) < 4.78 is 11.1. The zero-order valence-corrected chi connectivity index (χ0v) is 13.8. The maximum absolute atomic E-state index is 5.59. The first-order valence-corrected chi connectivity index (χ1v) is 8.51. The summed E-state index contributed by atoms with van der Waals surface area (Å²) in [5, 5.41) is 4.30. The molecule has 1 aromatic rings. The molecule has 0 aliphatic carbocycles. The molecule has 1 aliphatic heterocycles. The number of thioether (sulfide) groups is 1. The fraction of sp³-hybridized carbons (Fsp3) is 0.786. The molecular formula is C14H24N4O2S. The fourth-order valence-electron chi connectivity index (χ4n) is 1.97. The van der Waals surface area contributed by atoms with Gasteiger partial charge in [0.25, 0.3) is 0 Å². The predicted molar refractivity (Wildman–Crippen MR) is 84.1 cm³/mol. The van der Waals surface area contributed by atoms with Gasteiger partial charge in [-0.1, -0.05) is 25.6 Å². The van der Waals surface area contributed by atoms with Gasteiger partial charge in [-0.05, 0) is 26.2 Å².